The molecule has 1 aromatic rings. The molecule has 0 aromatic heterocycles. The van der Waals surface area contributed by atoms with E-state index in [1.807, 2.05) is 18.2 Å². The van der Waals surface area contributed by atoms with Gasteiger partial charge in [-0.3, -0.25) is 4.90 Å². The van der Waals surface area contributed by atoms with Gasteiger partial charge >= 0.3 is 0 Å². The summed E-state index contributed by atoms with van der Waals surface area (Å²) in [7, 11) is 2.08. The summed E-state index contributed by atoms with van der Waals surface area (Å²) in [6, 6.07) is 8.25. The Morgan fingerprint density at radius 3 is 2.76 bits per heavy atom. The lowest BCUT2D eigenvalue weighted by Gasteiger charge is -2.25. The van der Waals surface area contributed by atoms with Gasteiger partial charge in [-0.1, -0.05) is 23.7 Å². The summed E-state index contributed by atoms with van der Waals surface area (Å²) in [4.78, 5) is 13.1. The van der Waals surface area contributed by atoms with Crippen molar-refractivity contribution in [1.29, 1.82) is 0 Å². The van der Waals surface area contributed by atoms with Gasteiger partial charge in [0, 0.05) is 17.5 Å². The number of benzene rings is 1. The lowest BCUT2D eigenvalue weighted by Crippen LogP contribution is -2.23. The quantitative estimate of drug-likeness (QED) is 0.771. The van der Waals surface area contributed by atoms with Crippen LogP contribution in [0.25, 0.3) is 0 Å². The minimum atomic E-state index is 0.258. The van der Waals surface area contributed by atoms with Gasteiger partial charge in [-0.05, 0) is 51.6 Å². The number of hydrogen-bond acceptors (Lipinski definition) is 2. The molecule has 0 N–H and O–H groups in total. The van der Waals surface area contributed by atoms with Crippen molar-refractivity contribution in [2.75, 3.05) is 13.6 Å². The van der Waals surface area contributed by atoms with Gasteiger partial charge in [0.15, 0.2) is 0 Å². The van der Waals surface area contributed by atoms with Crippen LogP contribution < -0.4 is 0 Å². The second-order valence-electron chi connectivity index (χ2n) is 4.52. The molecule has 1 aromatic carbocycles. The average Bonchev–Trinajstić information content (AvgIpc) is 2.27. The van der Waals surface area contributed by atoms with Gasteiger partial charge < -0.3 is 4.79 Å². The highest BCUT2D eigenvalue weighted by Crippen LogP contribution is 2.21. The molecule has 0 bridgehead atoms. The molecule has 3 heteroatoms. The zero-order chi connectivity index (χ0) is 12.8. The van der Waals surface area contributed by atoms with Crippen molar-refractivity contribution in [3.8, 4) is 0 Å². The summed E-state index contributed by atoms with van der Waals surface area (Å²) in [5.41, 5.74) is 1.21. The molecule has 1 unspecified atom stereocenters. The van der Waals surface area contributed by atoms with Gasteiger partial charge in [0.1, 0.15) is 5.78 Å². The van der Waals surface area contributed by atoms with Crippen molar-refractivity contribution in [3.05, 3.63) is 34.9 Å². The van der Waals surface area contributed by atoms with Gasteiger partial charge in [-0.2, -0.15) is 0 Å². The van der Waals surface area contributed by atoms with Crippen molar-refractivity contribution in [1.82, 2.24) is 4.90 Å². The van der Waals surface area contributed by atoms with Crippen molar-refractivity contribution < 1.29 is 4.79 Å². The second-order valence-corrected chi connectivity index (χ2v) is 4.95. The maximum absolute atomic E-state index is 10.9. The molecule has 0 heterocycles. The zero-order valence-electron chi connectivity index (χ0n) is 10.7. The van der Waals surface area contributed by atoms with Crippen molar-refractivity contribution in [2.24, 2.45) is 0 Å². The van der Waals surface area contributed by atoms with E-state index in [-0.39, 0.29) is 5.78 Å². The van der Waals surface area contributed by atoms with E-state index in [2.05, 4.69) is 24.9 Å². The first kappa shape index (κ1) is 14.2. The topological polar surface area (TPSA) is 20.3 Å². The van der Waals surface area contributed by atoms with Crippen LogP contribution in [-0.2, 0) is 4.79 Å². The van der Waals surface area contributed by atoms with Gasteiger partial charge in [-0.15, -0.1) is 0 Å². The number of halogens is 1. The Morgan fingerprint density at radius 2 is 2.18 bits per heavy atom. The van der Waals surface area contributed by atoms with Crippen LogP contribution in [0.5, 0.6) is 0 Å². The summed E-state index contributed by atoms with van der Waals surface area (Å²) in [6.07, 6.45) is 1.57. The fraction of sp³-hybridized carbons (Fsp3) is 0.500. The summed E-state index contributed by atoms with van der Waals surface area (Å²) in [5, 5.41) is 0.770. The largest absolute Gasteiger partial charge is 0.300 e. The van der Waals surface area contributed by atoms with E-state index in [1.165, 1.54) is 5.56 Å². The molecular formula is C14H20ClNO. The molecule has 0 saturated heterocycles. The van der Waals surface area contributed by atoms with E-state index in [0.29, 0.717) is 12.5 Å². The van der Waals surface area contributed by atoms with Crippen LogP contribution in [0.4, 0.5) is 0 Å². The third-order valence-corrected chi connectivity index (χ3v) is 3.27. The van der Waals surface area contributed by atoms with Crippen LogP contribution in [0.3, 0.4) is 0 Å². The van der Waals surface area contributed by atoms with Gasteiger partial charge in [0.2, 0.25) is 0 Å². The standard InChI is InChI=1S/C14H20ClNO/c1-11(17)6-5-9-16(3)12(2)13-7-4-8-14(15)10-13/h4,7-8,10,12H,5-6,9H2,1-3H3. The van der Waals surface area contributed by atoms with E-state index in [4.69, 9.17) is 11.6 Å². The first-order valence-corrected chi connectivity index (χ1v) is 6.33. The van der Waals surface area contributed by atoms with Crippen LogP contribution in [0.1, 0.15) is 38.3 Å². The van der Waals surface area contributed by atoms with E-state index >= 15 is 0 Å². The Balaban J connectivity index is 2.51. The van der Waals surface area contributed by atoms with Gasteiger partial charge in [0.25, 0.3) is 0 Å². The van der Waals surface area contributed by atoms with E-state index in [0.717, 1.165) is 18.0 Å². The van der Waals surface area contributed by atoms with Gasteiger partial charge in [0.05, 0.1) is 0 Å². The molecule has 1 rings (SSSR count). The molecule has 94 valence electrons. The normalized spacial score (nSPS) is 12.8. The van der Waals surface area contributed by atoms with E-state index in [9.17, 15) is 4.79 Å². The molecule has 0 amide bonds. The van der Waals surface area contributed by atoms with Crippen LogP contribution in [-0.4, -0.2) is 24.3 Å². The lowest BCUT2D eigenvalue weighted by atomic mass is 10.1. The summed E-state index contributed by atoms with van der Waals surface area (Å²) >= 11 is 5.98. The zero-order valence-corrected chi connectivity index (χ0v) is 11.5. The number of nitrogens with zero attached hydrogens (tertiary/aromatic N) is 1. The SMILES string of the molecule is CC(=O)CCCN(C)C(C)c1cccc(Cl)c1. The molecular weight excluding hydrogens is 234 g/mol. The molecule has 2 nitrogen and oxygen atoms in total. The Kier molecular flexibility index (Phi) is 5.66. The molecule has 0 radical (unpaired) electrons. The predicted octanol–water partition coefficient (Wildman–Crippen LogP) is 3.70. The molecule has 1 atom stereocenters. The number of carbonyl (C=O) groups excluding carboxylic acids is 1. The summed E-state index contributed by atoms with van der Waals surface area (Å²) in [6.45, 7) is 4.72. The predicted molar refractivity (Wildman–Crippen MR) is 72.4 cm³/mol. The van der Waals surface area contributed by atoms with Crippen molar-refractivity contribution in [3.63, 3.8) is 0 Å². The smallest absolute Gasteiger partial charge is 0.129 e. The molecule has 0 spiro atoms. The number of rotatable bonds is 6. The Hall–Kier alpha value is -0.860. The number of carbonyl (C=O) groups is 1. The number of Topliss-reactive ketones (excluding diaryl/α,β-unsaturated/α-hetero) is 1. The van der Waals surface area contributed by atoms with E-state index in [1.54, 1.807) is 6.92 Å². The monoisotopic (exact) mass is 253 g/mol. The minimum absolute atomic E-state index is 0.258. The maximum atomic E-state index is 10.9. The molecule has 0 fully saturated rings. The highest BCUT2D eigenvalue weighted by atomic mass is 35.5. The summed E-state index contributed by atoms with van der Waals surface area (Å²) < 4.78 is 0. The molecule has 0 aliphatic carbocycles. The Morgan fingerprint density at radius 1 is 1.47 bits per heavy atom. The maximum Gasteiger partial charge on any atom is 0.129 e. The Labute approximate surface area is 109 Å². The summed E-state index contributed by atoms with van der Waals surface area (Å²) in [5.74, 6) is 0.258. The number of ketones is 1. The average molecular weight is 254 g/mol. The van der Waals surface area contributed by atoms with Gasteiger partial charge in [-0.25, -0.2) is 0 Å². The minimum Gasteiger partial charge on any atom is -0.300 e. The second kappa shape index (κ2) is 6.77. The number of hydrogen-bond donors (Lipinski definition) is 0. The van der Waals surface area contributed by atoms with Crippen LogP contribution >= 0.6 is 11.6 Å². The molecule has 0 aliphatic heterocycles. The molecule has 0 saturated carbocycles. The Bertz CT molecular complexity index is 378. The lowest BCUT2D eigenvalue weighted by molar-refractivity contribution is -0.117. The highest BCUT2D eigenvalue weighted by molar-refractivity contribution is 6.30. The first-order valence-electron chi connectivity index (χ1n) is 5.96. The third kappa shape index (κ3) is 4.88. The third-order valence-electron chi connectivity index (χ3n) is 3.03. The fourth-order valence-electron chi connectivity index (χ4n) is 1.79. The van der Waals surface area contributed by atoms with Crippen LogP contribution in [0.15, 0.2) is 24.3 Å². The van der Waals surface area contributed by atoms with Crippen LogP contribution in [0, 0.1) is 0 Å². The molecule has 0 aliphatic rings. The highest BCUT2D eigenvalue weighted by Gasteiger charge is 2.11. The van der Waals surface area contributed by atoms with Crippen LogP contribution in [0.2, 0.25) is 5.02 Å². The van der Waals surface area contributed by atoms with Crippen molar-refractivity contribution >= 4 is 17.4 Å². The van der Waals surface area contributed by atoms with E-state index < -0.39 is 0 Å². The fourth-order valence-corrected chi connectivity index (χ4v) is 1.99. The first-order chi connectivity index (χ1) is 8.00. The molecule has 17 heavy (non-hydrogen) atoms. The van der Waals surface area contributed by atoms with Crippen molar-refractivity contribution in [2.45, 2.75) is 32.7 Å².